The lowest BCUT2D eigenvalue weighted by Gasteiger charge is -2.22. The zero-order valence-corrected chi connectivity index (χ0v) is 17.9. The fourth-order valence-corrected chi connectivity index (χ4v) is 3.69. The molecule has 30 heavy (non-hydrogen) atoms. The van der Waals surface area contributed by atoms with Crippen LogP contribution >= 0.6 is 15.9 Å². The monoisotopic (exact) mass is 470 g/mol. The Morgan fingerprint density at radius 1 is 1.20 bits per heavy atom. The van der Waals surface area contributed by atoms with Gasteiger partial charge in [0.2, 0.25) is 0 Å². The van der Waals surface area contributed by atoms with Gasteiger partial charge in [-0.15, -0.1) is 0 Å². The summed E-state index contributed by atoms with van der Waals surface area (Å²) < 4.78 is 16.0. The van der Waals surface area contributed by atoms with Crippen LogP contribution in [0.5, 0.6) is 0 Å². The molecule has 154 valence electrons. The Hall–Kier alpha value is -3.00. The second kappa shape index (κ2) is 8.39. The molecule has 2 aromatic carbocycles. The second-order valence-electron chi connectivity index (χ2n) is 7.16. The fourth-order valence-electron chi connectivity index (χ4n) is 3.25. The number of para-hydroxylation sites is 1. The van der Waals surface area contributed by atoms with Crippen molar-refractivity contribution in [3.8, 4) is 5.69 Å². The third kappa shape index (κ3) is 4.14. The third-order valence-electron chi connectivity index (χ3n) is 5.02. The average molecular weight is 471 g/mol. The number of hydrogen-bond acceptors (Lipinski definition) is 3. The van der Waals surface area contributed by atoms with Crippen molar-refractivity contribution in [2.75, 3.05) is 7.05 Å². The van der Waals surface area contributed by atoms with Crippen molar-refractivity contribution in [1.82, 2.24) is 20.0 Å². The quantitative estimate of drug-likeness (QED) is 0.593. The highest BCUT2D eigenvalue weighted by atomic mass is 79.9. The van der Waals surface area contributed by atoms with Gasteiger partial charge in [-0.3, -0.25) is 9.59 Å². The molecular formula is C22H20BrFN4O2. The lowest BCUT2D eigenvalue weighted by molar-refractivity contribution is 0.0722. The minimum atomic E-state index is -0.415. The van der Waals surface area contributed by atoms with Gasteiger partial charge in [-0.05, 0) is 58.6 Å². The van der Waals surface area contributed by atoms with Gasteiger partial charge in [-0.2, -0.15) is 5.10 Å². The van der Waals surface area contributed by atoms with E-state index in [1.54, 1.807) is 48.5 Å². The molecule has 2 amide bonds. The van der Waals surface area contributed by atoms with E-state index >= 15 is 0 Å². The molecule has 0 atom stereocenters. The first-order valence-corrected chi connectivity index (χ1v) is 10.4. The highest BCUT2D eigenvalue weighted by molar-refractivity contribution is 9.10. The van der Waals surface area contributed by atoms with Crippen LogP contribution in [0.3, 0.4) is 0 Å². The third-order valence-corrected chi connectivity index (χ3v) is 5.60. The molecule has 0 bridgehead atoms. The summed E-state index contributed by atoms with van der Waals surface area (Å²) in [5, 5.41) is 6.94. The summed E-state index contributed by atoms with van der Waals surface area (Å²) in [6.07, 6.45) is 3.47. The van der Waals surface area contributed by atoms with Crippen LogP contribution in [0.15, 0.2) is 59.2 Å². The van der Waals surface area contributed by atoms with Crippen molar-refractivity contribution < 1.29 is 14.0 Å². The number of aromatic nitrogens is 2. The molecule has 0 radical (unpaired) electrons. The van der Waals surface area contributed by atoms with Gasteiger partial charge in [-0.25, -0.2) is 9.07 Å². The van der Waals surface area contributed by atoms with Crippen LogP contribution in [-0.4, -0.2) is 39.6 Å². The first kappa shape index (κ1) is 20.3. The standard InChI is InChI=1S/C22H20BrFN4O2/c1-25-21(29)15-8-6-14(7-9-15)12-27(16-10-11-16)22(30)20-17(23)13-28(26-20)19-5-3-2-4-18(19)24/h2-9,13,16H,10-12H2,1H3,(H,25,29). The van der Waals surface area contributed by atoms with Crippen molar-refractivity contribution in [1.29, 1.82) is 0 Å². The summed E-state index contributed by atoms with van der Waals surface area (Å²) in [7, 11) is 1.59. The zero-order chi connectivity index (χ0) is 21.3. The van der Waals surface area contributed by atoms with Crippen LogP contribution < -0.4 is 5.32 Å². The Morgan fingerprint density at radius 3 is 2.53 bits per heavy atom. The van der Waals surface area contributed by atoms with E-state index < -0.39 is 5.82 Å². The van der Waals surface area contributed by atoms with Crippen molar-refractivity contribution in [2.24, 2.45) is 0 Å². The summed E-state index contributed by atoms with van der Waals surface area (Å²) in [5.41, 5.74) is 2.01. The van der Waals surface area contributed by atoms with Crippen molar-refractivity contribution >= 4 is 27.7 Å². The van der Waals surface area contributed by atoms with E-state index in [1.165, 1.54) is 10.7 Å². The SMILES string of the molecule is CNC(=O)c1ccc(CN(C(=O)c2nn(-c3ccccc3F)cc2Br)C2CC2)cc1. The summed E-state index contributed by atoms with van der Waals surface area (Å²) in [6.45, 7) is 0.413. The topological polar surface area (TPSA) is 67.2 Å². The molecule has 4 rings (SSSR count). The van der Waals surface area contributed by atoms with E-state index in [0.29, 0.717) is 16.6 Å². The first-order chi connectivity index (χ1) is 14.5. The van der Waals surface area contributed by atoms with Crippen molar-refractivity contribution in [3.05, 3.63) is 81.8 Å². The van der Waals surface area contributed by atoms with Gasteiger partial charge in [-0.1, -0.05) is 24.3 Å². The largest absolute Gasteiger partial charge is 0.355 e. The van der Waals surface area contributed by atoms with E-state index in [4.69, 9.17) is 0 Å². The highest BCUT2D eigenvalue weighted by Crippen LogP contribution is 2.31. The van der Waals surface area contributed by atoms with Crippen LogP contribution in [-0.2, 0) is 6.54 Å². The van der Waals surface area contributed by atoms with E-state index in [0.717, 1.165) is 18.4 Å². The Kier molecular flexibility index (Phi) is 5.67. The molecule has 1 fully saturated rings. The minimum Gasteiger partial charge on any atom is -0.355 e. The summed E-state index contributed by atoms with van der Waals surface area (Å²) in [5.74, 6) is -0.782. The lowest BCUT2D eigenvalue weighted by Crippen LogP contribution is -2.33. The van der Waals surface area contributed by atoms with Crippen LogP contribution in [0.4, 0.5) is 4.39 Å². The summed E-state index contributed by atoms with van der Waals surface area (Å²) >= 11 is 3.40. The van der Waals surface area contributed by atoms with Crippen LogP contribution in [0.2, 0.25) is 0 Å². The number of amides is 2. The van der Waals surface area contributed by atoms with Gasteiger partial charge in [0.25, 0.3) is 11.8 Å². The zero-order valence-electron chi connectivity index (χ0n) is 16.3. The Balaban J connectivity index is 1.57. The van der Waals surface area contributed by atoms with E-state index in [9.17, 15) is 14.0 Å². The van der Waals surface area contributed by atoms with Crippen molar-refractivity contribution in [3.63, 3.8) is 0 Å². The van der Waals surface area contributed by atoms with Gasteiger partial charge >= 0.3 is 0 Å². The molecule has 8 heteroatoms. The molecule has 1 aliphatic rings. The molecule has 1 saturated carbocycles. The van der Waals surface area contributed by atoms with E-state index in [-0.39, 0.29) is 29.2 Å². The average Bonchev–Trinajstić information content (AvgIpc) is 3.53. The van der Waals surface area contributed by atoms with Crippen LogP contribution in [0.25, 0.3) is 5.69 Å². The fraction of sp³-hybridized carbons (Fsp3) is 0.227. The first-order valence-electron chi connectivity index (χ1n) is 9.60. The normalized spacial score (nSPS) is 13.2. The predicted octanol–water partition coefficient (Wildman–Crippen LogP) is 3.94. The number of halogens is 2. The lowest BCUT2D eigenvalue weighted by atomic mass is 10.1. The maximum Gasteiger partial charge on any atom is 0.276 e. The number of carbonyl (C=O) groups is 2. The number of carbonyl (C=O) groups excluding carboxylic acids is 2. The predicted molar refractivity (Wildman–Crippen MR) is 114 cm³/mol. The molecule has 6 nitrogen and oxygen atoms in total. The summed E-state index contributed by atoms with van der Waals surface area (Å²) in [6, 6.07) is 13.6. The maximum absolute atomic E-state index is 14.1. The molecule has 0 unspecified atom stereocenters. The van der Waals surface area contributed by atoms with Crippen LogP contribution in [0, 0.1) is 5.82 Å². The van der Waals surface area contributed by atoms with Gasteiger partial charge in [0, 0.05) is 31.4 Å². The Bertz CT molecular complexity index is 1090. The Morgan fingerprint density at radius 2 is 1.90 bits per heavy atom. The number of rotatable bonds is 6. The molecule has 0 saturated heterocycles. The summed E-state index contributed by atoms with van der Waals surface area (Å²) in [4.78, 5) is 26.8. The minimum absolute atomic E-state index is 0.153. The molecule has 1 heterocycles. The molecule has 1 aromatic heterocycles. The molecule has 1 N–H and O–H groups in total. The van der Waals surface area contributed by atoms with E-state index in [1.807, 2.05) is 12.1 Å². The van der Waals surface area contributed by atoms with Crippen molar-refractivity contribution in [2.45, 2.75) is 25.4 Å². The second-order valence-corrected chi connectivity index (χ2v) is 8.02. The number of nitrogens with one attached hydrogen (secondary N) is 1. The molecule has 3 aromatic rings. The van der Waals surface area contributed by atoms with Gasteiger partial charge < -0.3 is 10.2 Å². The van der Waals surface area contributed by atoms with Gasteiger partial charge in [0.1, 0.15) is 11.5 Å². The molecule has 0 spiro atoms. The maximum atomic E-state index is 14.1. The molecular weight excluding hydrogens is 451 g/mol. The van der Waals surface area contributed by atoms with E-state index in [2.05, 4.69) is 26.3 Å². The smallest absolute Gasteiger partial charge is 0.276 e. The molecule has 0 aliphatic heterocycles. The number of nitrogens with zero attached hydrogens (tertiary/aromatic N) is 3. The Labute approximate surface area is 181 Å². The highest BCUT2D eigenvalue weighted by Gasteiger charge is 2.35. The van der Waals surface area contributed by atoms with Gasteiger partial charge in [0.05, 0.1) is 4.47 Å². The number of hydrogen-bond donors (Lipinski definition) is 1. The number of benzene rings is 2. The van der Waals surface area contributed by atoms with Gasteiger partial charge in [0.15, 0.2) is 5.69 Å². The molecule has 1 aliphatic carbocycles. The van der Waals surface area contributed by atoms with Crippen LogP contribution in [0.1, 0.15) is 39.3 Å².